The minimum atomic E-state index is -0.744. The molecule has 0 unspecified atom stereocenters. The van der Waals surface area contributed by atoms with E-state index in [1.807, 2.05) is 6.92 Å². The summed E-state index contributed by atoms with van der Waals surface area (Å²) in [5.41, 5.74) is -0.116. The molecular weight excluding hydrogens is 222 g/mol. The van der Waals surface area contributed by atoms with Crippen LogP contribution in [0.4, 0.5) is 8.78 Å². The molecule has 0 spiro atoms. The zero-order valence-corrected chi connectivity index (χ0v) is 10.1. The fraction of sp³-hybridized carbons (Fsp3) is 0.500. The number of hydrogen-bond donors (Lipinski definition) is 0. The number of Topliss-reactive ketones (excluding diaryl/α,β-unsaturated/α-hetero) is 1. The predicted molar refractivity (Wildman–Crippen MR) is 62.0 cm³/mol. The summed E-state index contributed by atoms with van der Waals surface area (Å²) < 4.78 is 26.8. The zero-order chi connectivity index (χ0) is 12.6. The Bertz CT molecular complexity index is 460. The Morgan fingerprint density at radius 2 is 1.76 bits per heavy atom. The molecule has 1 aromatic carbocycles. The molecular formula is C14H16F2O. The van der Waals surface area contributed by atoms with Crippen LogP contribution in [0.3, 0.4) is 0 Å². The molecule has 17 heavy (non-hydrogen) atoms. The van der Waals surface area contributed by atoms with Gasteiger partial charge in [0, 0.05) is 11.5 Å². The molecule has 1 aromatic rings. The Hall–Kier alpha value is -1.25. The number of aryl methyl sites for hydroxylation is 1. The maximum Gasteiger partial charge on any atom is 0.171 e. The molecule has 1 nitrogen and oxygen atoms in total. The molecule has 0 N–H and O–H groups in total. The van der Waals surface area contributed by atoms with Gasteiger partial charge in [-0.25, -0.2) is 8.78 Å². The van der Waals surface area contributed by atoms with Gasteiger partial charge in [-0.1, -0.05) is 19.8 Å². The summed E-state index contributed by atoms with van der Waals surface area (Å²) in [4.78, 5) is 12.3. The van der Waals surface area contributed by atoms with Crippen molar-refractivity contribution in [3.63, 3.8) is 0 Å². The van der Waals surface area contributed by atoms with Crippen LogP contribution in [0.15, 0.2) is 12.1 Å². The van der Waals surface area contributed by atoms with Gasteiger partial charge in [-0.15, -0.1) is 0 Å². The Labute approximate surface area is 99.8 Å². The average Bonchev–Trinajstić information content (AvgIpc) is 2.71. The monoisotopic (exact) mass is 238 g/mol. The van der Waals surface area contributed by atoms with Crippen LogP contribution >= 0.6 is 0 Å². The van der Waals surface area contributed by atoms with Crippen molar-refractivity contribution in [2.75, 3.05) is 0 Å². The predicted octanol–water partition coefficient (Wildman–Crippen LogP) is 4.04. The number of ketones is 1. The summed E-state index contributed by atoms with van der Waals surface area (Å²) in [6, 6.07) is 2.14. The van der Waals surface area contributed by atoms with Crippen molar-refractivity contribution in [2.24, 2.45) is 5.41 Å². The van der Waals surface area contributed by atoms with E-state index in [2.05, 4.69) is 0 Å². The number of carbonyl (C=O) groups is 1. The first-order chi connectivity index (χ1) is 7.94. The number of hydrogen-bond acceptors (Lipinski definition) is 1. The van der Waals surface area contributed by atoms with E-state index in [1.54, 1.807) is 6.92 Å². The van der Waals surface area contributed by atoms with E-state index < -0.39 is 17.0 Å². The van der Waals surface area contributed by atoms with Crippen molar-refractivity contribution in [3.8, 4) is 0 Å². The van der Waals surface area contributed by atoms with Gasteiger partial charge in [0.15, 0.2) is 5.78 Å². The highest BCUT2D eigenvalue weighted by atomic mass is 19.1. The van der Waals surface area contributed by atoms with E-state index in [0.29, 0.717) is 5.56 Å². The van der Waals surface area contributed by atoms with Gasteiger partial charge in [0.1, 0.15) is 11.6 Å². The normalized spacial score (nSPS) is 18.4. The van der Waals surface area contributed by atoms with Crippen LogP contribution in [0.1, 0.15) is 48.5 Å². The molecule has 0 radical (unpaired) electrons. The maximum atomic E-state index is 13.6. The molecule has 3 heteroatoms. The third kappa shape index (κ3) is 2.11. The van der Waals surface area contributed by atoms with E-state index in [1.165, 1.54) is 6.07 Å². The average molecular weight is 238 g/mol. The molecule has 0 heterocycles. The molecule has 2 rings (SSSR count). The van der Waals surface area contributed by atoms with Crippen LogP contribution in [0.5, 0.6) is 0 Å². The van der Waals surface area contributed by atoms with Gasteiger partial charge in [-0.3, -0.25) is 4.79 Å². The quantitative estimate of drug-likeness (QED) is 0.711. The lowest BCUT2D eigenvalue weighted by Gasteiger charge is -2.22. The first-order valence-corrected chi connectivity index (χ1v) is 5.94. The van der Waals surface area contributed by atoms with Crippen molar-refractivity contribution in [3.05, 3.63) is 34.9 Å². The van der Waals surface area contributed by atoms with E-state index in [-0.39, 0.29) is 11.3 Å². The summed E-state index contributed by atoms with van der Waals surface area (Å²) in [7, 11) is 0. The first kappa shape index (κ1) is 12.2. The molecule has 1 aliphatic carbocycles. The molecule has 0 atom stereocenters. The van der Waals surface area contributed by atoms with E-state index >= 15 is 0 Å². The largest absolute Gasteiger partial charge is 0.293 e. The van der Waals surface area contributed by atoms with Gasteiger partial charge >= 0.3 is 0 Å². The van der Waals surface area contributed by atoms with Crippen LogP contribution in [-0.2, 0) is 0 Å². The van der Waals surface area contributed by atoms with E-state index in [4.69, 9.17) is 0 Å². The standard InChI is InChI=1S/C14H16F2O/c1-9-7-10(12(16)8-11(9)15)13(17)14(2)5-3-4-6-14/h7-8H,3-6H2,1-2H3. The molecule has 1 saturated carbocycles. The van der Waals surface area contributed by atoms with Crippen molar-refractivity contribution >= 4 is 5.78 Å². The Kier molecular flexibility index (Phi) is 3.02. The van der Waals surface area contributed by atoms with Gasteiger partial charge in [0.25, 0.3) is 0 Å². The van der Waals surface area contributed by atoms with Crippen molar-refractivity contribution in [1.82, 2.24) is 0 Å². The molecule has 1 aliphatic rings. The molecule has 0 aliphatic heterocycles. The number of benzene rings is 1. The first-order valence-electron chi connectivity index (χ1n) is 5.94. The molecule has 1 fully saturated rings. The van der Waals surface area contributed by atoms with Crippen LogP contribution in [0.2, 0.25) is 0 Å². The van der Waals surface area contributed by atoms with Crippen molar-refractivity contribution < 1.29 is 13.6 Å². The summed E-state index contributed by atoms with van der Waals surface area (Å²) >= 11 is 0. The Morgan fingerprint density at radius 3 is 2.35 bits per heavy atom. The fourth-order valence-electron chi connectivity index (χ4n) is 2.54. The van der Waals surface area contributed by atoms with Crippen molar-refractivity contribution in [2.45, 2.75) is 39.5 Å². The van der Waals surface area contributed by atoms with E-state index in [9.17, 15) is 13.6 Å². The van der Waals surface area contributed by atoms with Crippen LogP contribution in [0, 0.1) is 24.0 Å². The summed E-state index contributed by atoms with van der Waals surface area (Å²) in [6.45, 7) is 3.42. The minimum absolute atomic E-state index is 0.0355. The highest BCUT2D eigenvalue weighted by Gasteiger charge is 2.37. The second-order valence-electron chi connectivity index (χ2n) is 5.18. The van der Waals surface area contributed by atoms with Crippen LogP contribution in [0.25, 0.3) is 0 Å². The number of rotatable bonds is 2. The second kappa shape index (κ2) is 4.21. The third-order valence-electron chi connectivity index (χ3n) is 3.75. The lowest BCUT2D eigenvalue weighted by atomic mass is 9.80. The van der Waals surface area contributed by atoms with Gasteiger partial charge in [0.05, 0.1) is 5.56 Å². The van der Waals surface area contributed by atoms with Gasteiger partial charge in [0.2, 0.25) is 0 Å². The Morgan fingerprint density at radius 1 is 1.18 bits per heavy atom. The van der Waals surface area contributed by atoms with Crippen LogP contribution < -0.4 is 0 Å². The highest BCUT2D eigenvalue weighted by Crippen LogP contribution is 2.40. The third-order valence-corrected chi connectivity index (χ3v) is 3.75. The molecule has 0 bridgehead atoms. The van der Waals surface area contributed by atoms with Gasteiger partial charge in [-0.2, -0.15) is 0 Å². The fourth-order valence-corrected chi connectivity index (χ4v) is 2.54. The summed E-state index contributed by atoms with van der Waals surface area (Å²) in [5, 5.41) is 0. The molecule has 92 valence electrons. The van der Waals surface area contributed by atoms with E-state index in [0.717, 1.165) is 31.7 Å². The van der Waals surface area contributed by atoms with Crippen LogP contribution in [-0.4, -0.2) is 5.78 Å². The molecule has 0 amide bonds. The lowest BCUT2D eigenvalue weighted by molar-refractivity contribution is 0.0819. The summed E-state index contributed by atoms with van der Waals surface area (Å²) in [5.74, 6) is -1.53. The topological polar surface area (TPSA) is 17.1 Å². The summed E-state index contributed by atoms with van der Waals surface area (Å²) in [6.07, 6.45) is 3.59. The Balaban J connectivity index is 2.40. The van der Waals surface area contributed by atoms with Gasteiger partial charge in [-0.05, 0) is 31.4 Å². The minimum Gasteiger partial charge on any atom is -0.293 e. The second-order valence-corrected chi connectivity index (χ2v) is 5.18. The SMILES string of the molecule is Cc1cc(C(=O)C2(C)CCCC2)c(F)cc1F. The zero-order valence-electron chi connectivity index (χ0n) is 10.1. The van der Waals surface area contributed by atoms with Gasteiger partial charge < -0.3 is 0 Å². The molecule has 0 saturated heterocycles. The maximum absolute atomic E-state index is 13.6. The van der Waals surface area contributed by atoms with Crippen molar-refractivity contribution in [1.29, 1.82) is 0 Å². The number of carbonyl (C=O) groups excluding carboxylic acids is 1. The number of halogens is 2. The molecule has 0 aromatic heterocycles. The highest BCUT2D eigenvalue weighted by molar-refractivity contribution is 6.00. The smallest absolute Gasteiger partial charge is 0.171 e. The lowest BCUT2D eigenvalue weighted by Crippen LogP contribution is -2.25.